The van der Waals surface area contributed by atoms with E-state index in [1.807, 2.05) is 65.9 Å². The van der Waals surface area contributed by atoms with Crippen molar-refractivity contribution in [2.75, 3.05) is 11.5 Å². The third-order valence-electron chi connectivity index (χ3n) is 5.74. The van der Waals surface area contributed by atoms with Gasteiger partial charge in [-0.05, 0) is 44.0 Å². The molecular formula is C23H24N4O3S. The van der Waals surface area contributed by atoms with Crippen molar-refractivity contribution in [1.82, 2.24) is 14.8 Å². The number of rotatable bonds is 4. The normalized spacial score (nSPS) is 20.4. The fourth-order valence-electron chi connectivity index (χ4n) is 4.16. The Morgan fingerprint density at radius 1 is 1.13 bits per heavy atom. The molecule has 3 atom stereocenters. The number of hydrogen-bond donors (Lipinski definition) is 0. The van der Waals surface area contributed by atoms with Crippen LogP contribution in [0.2, 0.25) is 0 Å². The molecule has 1 amide bonds. The molecule has 7 nitrogen and oxygen atoms in total. The van der Waals surface area contributed by atoms with E-state index in [9.17, 15) is 4.79 Å². The molecule has 3 heterocycles. The summed E-state index contributed by atoms with van der Waals surface area (Å²) in [7, 11) is 1.90. The highest BCUT2D eigenvalue weighted by Gasteiger charge is 2.34. The number of benzene rings is 2. The van der Waals surface area contributed by atoms with Gasteiger partial charge < -0.3 is 18.9 Å². The first kappa shape index (κ1) is 19.9. The number of anilines is 1. The third-order valence-corrected chi connectivity index (χ3v) is 6.86. The molecule has 0 saturated carbocycles. The van der Waals surface area contributed by atoms with Gasteiger partial charge in [-0.15, -0.1) is 10.2 Å². The zero-order valence-electron chi connectivity index (χ0n) is 17.7. The maximum atomic E-state index is 13.3. The van der Waals surface area contributed by atoms with E-state index < -0.39 is 0 Å². The molecule has 0 radical (unpaired) electrons. The molecule has 0 bridgehead atoms. The number of thioether (sulfide) groups is 1. The van der Waals surface area contributed by atoms with Crippen LogP contribution < -0.4 is 14.4 Å². The van der Waals surface area contributed by atoms with Gasteiger partial charge in [0.15, 0.2) is 28.6 Å². The van der Waals surface area contributed by atoms with Crippen molar-refractivity contribution in [1.29, 1.82) is 0 Å². The van der Waals surface area contributed by atoms with Gasteiger partial charge in [-0.2, -0.15) is 0 Å². The largest absolute Gasteiger partial charge is 0.485 e. The molecule has 8 heteroatoms. The Kier molecular flexibility index (Phi) is 5.09. The number of para-hydroxylation sites is 3. The molecule has 2 aliphatic rings. The van der Waals surface area contributed by atoms with Crippen molar-refractivity contribution >= 4 is 23.4 Å². The van der Waals surface area contributed by atoms with Crippen LogP contribution in [0.15, 0.2) is 53.7 Å². The number of carbonyl (C=O) groups is 1. The van der Waals surface area contributed by atoms with Crippen molar-refractivity contribution in [3.8, 4) is 11.5 Å². The average Bonchev–Trinajstić information content (AvgIpc) is 3.31. The number of carbonyl (C=O) groups excluding carboxylic acids is 1. The summed E-state index contributed by atoms with van der Waals surface area (Å²) in [5.74, 6) is 2.19. The highest BCUT2D eigenvalue weighted by atomic mass is 32.2. The second-order valence-corrected chi connectivity index (χ2v) is 9.22. The molecule has 0 fully saturated rings. The standard InChI is InChI=1S/C23H24N4O3S/c1-14-12-16-8-4-5-9-17(16)27(14)22(28)15(2)31-23-25-24-21(26(23)3)20-13-29-18-10-6-7-11-19(18)30-20/h4-11,14-15,20H,12-13H2,1-3H3/t14-,15-,20-/m0/s1. The smallest absolute Gasteiger partial charge is 0.240 e. The molecule has 1 aromatic heterocycles. The third kappa shape index (κ3) is 3.54. The number of hydrogen-bond acceptors (Lipinski definition) is 6. The molecule has 5 rings (SSSR count). The van der Waals surface area contributed by atoms with Crippen molar-refractivity contribution in [3.63, 3.8) is 0 Å². The number of ether oxygens (including phenoxy) is 2. The van der Waals surface area contributed by atoms with Crippen LogP contribution in [0.3, 0.4) is 0 Å². The highest BCUT2D eigenvalue weighted by molar-refractivity contribution is 8.00. The highest BCUT2D eigenvalue weighted by Crippen LogP contribution is 2.37. The predicted octanol–water partition coefficient (Wildman–Crippen LogP) is 3.79. The van der Waals surface area contributed by atoms with Gasteiger partial charge in [0.05, 0.1) is 5.25 Å². The molecule has 2 aliphatic heterocycles. The summed E-state index contributed by atoms with van der Waals surface area (Å²) in [5, 5.41) is 9.05. The molecule has 160 valence electrons. The molecule has 2 aromatic carbocycles. The fourth-order valence-corrected chi connectivity index (χ4v) is 5.03. The van der Waals surface area contributed by atoms with Crippen molar-refractivity contribution in [3.05, 3.63) is 59.9 Å². The average molecular weight is 437 g/mol. The van der Waals surface area contributed by atoms with Gasteiger partial charge in [-0.25, -0.2) is 0 Å². The Hall–Kier alpha value is -3.00. The summed E-state index contributed by atoms with van der Waals surface area (Å²) in [5.41, 5.74) is 2.23. The first-order valence-corrected chi connectivity index (χ1v) is 11.3. The summed E-state index contributed by atoms with van der Waals surface area (Å²) in [4.78, 5) is 15.2. The lowest BCUT2D eigenvalue weighted by atomic mass is 10.1. The van der Waals surface area contributed by atoms with Crippen LogP contribution in [0.4, 0.5) is 5.69 Å². The van der Waals surface area contributed by atoms with Gasteiger partial charge in [-0.1, -0.05) is 42.1 Å². The number of fused-ring (bicyclic) bond motifs is 2. The minimum atomic E-state index is -0.349. The lowest BCUT2D eigenvalue weighted by Gasteiger charge is -2.26. The number of nitrogens with zero attached hydrogens (tertiary/aromatic N) is 4. The van der Waals surface area contributed by atoms with E-state index in [1.54, 1.807) is 0 Å². The van der Waals surface area contributed by atoms with Gasteiger partial charge in [0.25, 0.3) is 0 Å². The molecule has 0 N–H and O–H groups in total. The quantitative estimate of drug-likeness (QED) is 0.580. The van der Waals surface area contributed by atoms with Crippen molar-refractivity contribution < 1.29 is 14.3 Å². The van der Waals surface area contributed by atoms with Crippen LogP contribution in [0, 0.1) is 0 Å². The lowest BCUT2D eigenvalue weighted by molar-refractivity contribution is -0.118. The van der Waals surface area contributed by atoms with E-state index in [0.29, 0.717) is 23.3 Å². The van der Waals surface area contributed by atoms with E-state index in [4.69, 9.17) is 9.47 Å². The summed E-state index contributed by atoms with van der Waals surface area (Å²) in [6.45, 7) is 4.38. The van der Waals surface area contributed by atoms with E-state index >= 15 is 0 Å². The van der Waals surface area contributed by atoms with Crippen LogP contribution in [0.25, 0.3) is 0 Å². The Balaban J connectivity index is 1.31. The van der Waals surface area contributed by atoms with E-state index in [0.717, 1.165) is 17.9 Å². The number of amides is 1. The molecule has 0 saturated heterocycles. The fraction of sp³-hybridized carbons (Fsp3) is 0.348. The Bertz CT molecular complexity index is 1130. The van der Waals surface area contributed by atoms with Crippen LogP contribution >= 0.6 is 11.8 Å². The molecule has 0 unspecified atom stereocenters. The first-order chi connectivity index (χ1) is 15.0. The summed E-state index contributed by atoms with van der Waals surface area (Å²) < 4.78 is 13.8. The topological polar surface area (TPSA) is 69.5 Å². The van der Waals surface area contributed by atoms with Gasteiger partial charge >= 0.3 is 0 Å². The Labute approximate surface area is 185 Å². The minimum Gasteiger partial charge on any atom is -0.485 e. The van der Waals surface area contributed by atoms with Crippen LogP contribution in [-0.4, -0.2) is 38.6 Å². The maximum Gasteiger partial charge on any atom is 0.240 e. The summed E-state index contributed by atoms with van der Waals surface area (Å²) in [6, 6.07) is 15.9. The molecule has 3 aromatic rings. The summed E-state index contributed by atoms with van der Waals surface area (Å²) >= 11 is 1.41. The molecule has 0 spiro atoms. The SMILES string of the molecule is C[C@H](Sc1nnc([C@@H]2COc3ccccc3O2)n1C)C(=O)N1c2ccccc2C[C@@H]1C. The van der Waals surface area contributed by atoms with Crippen molar-refractivity contribution in [2.45, 2.75) is 42.8 Å². The number of aromatic nitrogens is 3. The Morgan fingerprint density at radius 3 is 2.71 bits per heavy atom. The van der Waals surface area contributed by atoms with E-state index in [2.05, 4.69) is 23.2 Å². The summed E-state index contributed by atoms with van der Waals surface area (Å²) in [6.07, 6.45) is 0.534. The van der Waals surface area contributed by atoms with Crippen LogP contribution in [-0.2, 0) is 18.3 Å². The Morgan fingerprint density at radius 2 is 1.87 bits per heavy atom. The van der Waals surface area contributed by atoms with Gasteiger partial charge in [0.1, 0.15) is 6.61 Å². The van der Waals surface area contributed by atoms with Crippen molar-refractivity contribution in [2.24, 2.45) is 7.05 Å². The molecule has 0 aliphatic carbocycles. The zero-order chi connectivity index (χ0) is 21.5. The lowest BCUT2D eigenvalue weighted by Crippen LogP contribution is -2.40. The molecular weight excluding hydrogens is 412 g/mol. The van der Waals surface area contributed by atoms with E-state index in [1.165, 1.54) is 17.3 Å². The van der Waals surface area contributed by atoms with Gasteiger partial charge in [0.2, 0.25) is 5.91 Å². The van der Waals surface area contributed by atoms with Gasteiger partial charge in [-0.3, -0.25) is 4.79 Å². The second-order valence-electron chi connectivity index (χ2n) is 7.91. The van der Waals surface area contributed by atoms with Crippen LogP contribution in [0.5, 0.6) is 11.5 Å². The van der Waals surface area contributed by atoms with Crippen LogP contribution in [0.1, 0.15) is 31.3 Å². The minimum absolute atomic E-state index is 0.0816. The monoisotopic (exact) mass is 436 g/mol. The first-order valence-electron chi connectivity index (χ1n) is 10.4. The van der Waals surface area contributed by atoms with E-state index in [-0.39, 0.29) is 23.3 Å². The molecule has 31 heavy (non-hydrogen) atoms. The predicted molar refractivity (Wildman–Crippen MR) is 119 cm³/mol. The zero-order valence-corrected chi connectivity index (χ0v) is 18.5. The van der Waals surface area contributed by atoms with Gasteiger partial charge in [0, 0.05) is 18.8 Å². The maximum absolute atomic E-state index is 13.3. The second kappa shape index (κ2) is 7.92.